The van der Waals surface area contributed by atoms with Gasteiger partial charge in [-0.1, -0.05) is 24.6 Å². The van der Waals surface area contributed by atoms with Crippen molar-refractivity contribution in [1.82, 2.24) is 4.90 Å². The molecule has 1 unspecified atom stereocenters. The Morgan fingerprint density at radius 3 is 2.56 bits per heavy atom. The highest BCUT2D eigenvalue weighted by molar-refractivity contribution is 5.20. The Hall–Kier alpha value is -1.06. The fourth-order valence-electron chi connectivity index (χ4n) is 2.43. The maximum atomic E-state index is 6.20. The van der Waals surface area contributed by atoms with E-state index < -0.39 is 0 Å². The van der Waals surface area contributed by atoms with Crippen LogP contribution in [0.25, 0.3) is 0 Å². The maximum absolute atomic E-state index is 6.20. The van der Waals surface area contributed by atoms with Crippen molar-refractivity contribution in [2.75, 3.05) is 19.7 Å². The van der Waals surface area contributed by atoms with Crippen LogP contribution in [-0.4, -0.2) is 30.8 Å². The summed E-state index contributed by atoms with van der Waals surface area (Å²) in [6, 6.07) is 9.97. The van der Waals surface area contributed by atoms with E-state index >= 15 is 0 Å². The number of rotatable bonds is 6. The Kier molecular flexibility index (Phi) is 5.49. The number of nitrogens with two attached hydrogens (primary N) is 1. The second-order valence-electron chi connectivity index (χ2n) is 4.97. The molecule has 2 N–H and O–H groups in total. The average molecular weight is 248 g/mol. The highest BCUT2D eigenvalue weighted by atomic mass is 16.5. The van der Waals surface area contributed by atoms with E-state index in [9.17, 15) is 0 Å². The Bertz CT molecular complexity index is 323. The predicted molar refractivity (Wildman–Crippen MR) is 74.6 cm³/mol. The van der Waals surface area contributed by atoms with Gasteiger partial charge in [-0.05, 0) is 50.9 Å². The third-order valence-electron chi connectivity index (χ3n) is 3.52. The lowest BCUT2D eigenvalue weighted by Gasteiger charge is -2.32. The van der Waals surface area contributed by atoms with Gasteiger partial charge in [0.25, 0.3) is 0 Å². The number of hydrogen-bond acceptors (Lipinski definition) is 3. The molecule has 0 aromatic heterocycles. The van der Waals surface area contributed by atoms with Crippen LogP contribution < -0.4 is 10.5 Å². The van der Waals surface area contributed by atoms with E-state index in [2.05, 4.69) is 4.90 Å². The first-order valence-electron chi connectivity index (χ1n) is 7.04. The van der Waals surface area contributed by atoms with E-state index in [-0.39, 0.29) is 6.17 Å². The molecule has 1 aliphatic rings. The van der Waals surface area contributed by atoms with Gasteiger partial charge in [0, 0.05) is 0 Å². The zero-order valence-corrected chi connectivity index (χ0v) is 11.1. The summed E-state index contributed by atoms with van der Waals surface area (Å²) in [7, 11) is 0. The van der Waals surface area contributed by atoms with E-state index in [0.717, 1.165) is 25.2 Å². The van der Waals surface area contributed by atoms with E-state index in [1.807, 2.05) is 30.3 Å². The summed E-state index contributed by atoms with van der Waals surface area (Å²) in [5.74, 6) is 0.948. The van der Waals surface area contributed by atoms with Crippen LogP contribution in [0.5, 0.6) is 5.75 Å². The molecule has 1 aromatic rings. The number of nitrogens with zero attached hydrogens (tertiary/aromatic N) is 1. The van der Waals surface area contributed by atoms with Crippen molar-refractivity contribution in [2.24, 2.45) is 5.73 Å². The number of benzene rings is 1. The molecule has 3 heteroatoms. The van der Waals surface area contributed by atoms with E-state index in [1.54, 1.807) is 0 Å². The van der Waals surface area contributed by atoms with Crippen LogP contribution in [0.3, 0.4) is 0 Å². The number of ether oxygens (including phenoxy) is 1. The lowest BCUT2D eigenvalue weighted by atomic mass is 10.1. The van der Waals surface area contributed by atoms with Gasteiger partial charge < -0.3 is 10.5 Å². The summed E-state index contributed by atoms with van der Waals surface area (Å²) < 4.78 is 5.67. The second kappa shape index (κ2) is 7.39. The molecule has 0 amide bonds. The summed E-state index contributed by atoms with van der Waals surface area (Å²) in [5, 5.41) is 0. The minimum atomic E-state index is 0.213. The van der Waals surface area contributed by atoms with E-state index in [4.69, 9.17) is 10.5 Å². The fraction of sp³-hybridized carbons (Fsp3) is 0.600. The molecule has 1 fully saturated rings. The summed E-state index contributed by atoms with van der Waals surface area (Å²) in [6.45, 7) is 3.09. The Morgan fingerprint density at radius 1 is 1.11 bits per heavy atom. The molecule has 100 valence electrons. The van der Waals surface area contributed by atoms with E-state index in [1.165, 1.54) is 32.4 Å². The molecule has 3 nitrogen and oxygen atoms in total. The molecule has 2 rings (SSSR count). The molecule has 18 heavy (non-hydrogen) atoms. The molecule has 1 atom stereocenters. The first-order chi connectivity index (χ1) is 8.86. The third kappa shape index (κ3) is 4.31. The Labute approximate surface area is 110 Å². The van der Waals surface area contributed by atoms with E-state index in [0.29, 0.717) is 0 Å². The van der Waals surface area contributed by atoms with Gasteiger partial charge >= 0.3 is 0 Å². The van der Waals surface area contributed by atoms with Gasteiger partial charge in [-0.3, -0.25) is 4.90 Å². The normalized spacial score (nSPS) is 18.5. The first-order valence-corrected chi connectivity index (χ1v) is 7.04. The highest BCUT2D eigenvalue weighted by Gasteiger charge is 2.16. The van der Waals surface area contributed by atoms with Crippen molar-refractivity contribution >= 4 is 0 Å². The molecule has 0 spiro atoms. The van der Waals surface area contributed by atoms with Crippen LogP contribution in [0.2, 0.25) is 0 Å². The lowest BCUT2D eigenvalue weighted by molar-refractivity contribution is 0.151. The topological polar surface area (TPSA) is 38.5 Å². The van der Waals surface area contributed by atoms with Gasteiger partial charge in [0.05, 0.1) is 12.8 Å². The van der Waals surface area contributed by atoms with Crippen LogP contribution in [0.1, 0.15) is 32.1 Å². The predicted octanol–water partition coefficient (Wildman–Crippen LogP) is 2.62. The third-order valence-corrected chi connectivity index (χ3v) is 3.52. The standard InChI is InChI=1S/C15H24N2O/c16-15(17-11-5-2-6-12-17)10-7-13-18-14-8-3-1-4-9-14/h1,3-4,8-9,15H,2,5-7,10-13,16H2. The van der Waals surface area contributed by atoms with Crippen molar-refractivity contribution in [2.45, 2.75) is 38.3 Å². The van der Waals surface area contributed by atoms with Crippen molar-refractivity contribution in [3.8, 4) is 5.75 Å². The summed E-state index contributed by atoms with van der Waals surface area (Å²) >= 11 is 0. The first kappa shape index (κ1) is 13.4. The van der Waals surface area contributed by atoms with Crippen LogP contribution >= 0.6 is 0 Å². The molecule has 1 aromatic carbocycles. The van der Waals surface area contributed by atoms with Crippen molar-refractivity contribution < 1.29 is 4.74 Å². The molecular formula is C15H24N2O. The largest absolute Gasteiger partial charge is 0.494 e. The molecular weight excluding hydrogens is 224 g/mol. The average Bonchev–Trinajstić information content (AvgIpc) is 2.45. The van der Waals surface area contributed by atoms with Gasteiger partial charge in [0.1, 0.15) is 5.75 Å². The van der Waals surface area contributed by atoms with Crippen LogP contribution in [0.4, 0.5) is 0 Å². The molecule has 0 bridgehead atoms. The Balaban J connectivity index is 1.60. The number of likely N-dealkylation sites (tertiary alicyclic amines) is 1. The van der Waals surface area contributed by atoms with Crippen molar-refractivity contribution in [1.29, 1.82) is 0 Å². The van der Waals surface area contributed by atoms with Gasteiger partial charge in [0.15, 0.2) is 0 Å². The van der Waals surface area contributed by atoms with Crippen LogP contribution in [0.15, 0.2) is 30.3 Å². The summed E-state index contributed by atoms with van der Waals surface area (Å²) in [6.07, 6.45) is 6.21. The molecule has 0 aliphatic carbocycles. The monoisotopic (exact) mass is 248 g/mol. The molecule has 1 aliphatic heterocycles. The van der Waals surface area contributed by atoms with Gasteiger partial charge in [-0.25, -0.2) is 0 Å². The van der Waals surface area contributed by atoms with Crippen molar-refractivity contribution in [3.63, 3.8) is 0 Å². The Morgan fingerprint density at radius 2 is 1.83 bits per heavy atom. The molecule has 1 heterocycles. The SMILES string of the molecule is NC(CCCOc1ccccc1)N1CCCCC1. The number of piperidine rings is 1. The minimum Gasteiger partial charge on any atom is -0.494 e. The summed E-state index contributed by atoms with van der Waals surface area (Å²) in [4.78, 5) is 2.41. The number of hydrogen-bond donors (Lipinski definition) is 1. The lowest BCUT2D eigenvalue weighted by Crippen LogP contribution is -2.44. The van der Waals surface area contributed by atoms with Gasteiger partial charge in [-0.15, -0.1) is 0 Å². The number of para-hydroxylation sites is 1. The zero-order chi connectivity index (χ0) is 12.6. The minimum absolute atomic E-state index is 0.213. The zero-order valence-electron chi connectivity index (χ0n) is 11.1. The maximum Gasteiger partial charge on any atom is 0.119 e. The molecule has 0 saturated carbocycles. The van der Waals surface area contributed by atoms with Crippen molar-refractivity contribution in [3.05, 3.63) is 30.3 Å². The van der Waals surface area contributed by atoms with Crippen LogP contribution in [0, 0.1) is 0 Å². The molecule has 1 saturated heterocycles. The van der Waals surface area contributed by atoms with Gasteiger partial charge in [0.2, 0.25) is 0 Å². The fourth-order valence-corrected chi connectivity index (χ4v) is 2.43. The van der Waals surface area contributed by atoms with Crippen LogP contribution in [-0.2, 0) is 0 Å². The molecule has 0 radical (unpaired) electrons. The highest BCUT2D eigenvalue weighted by Crippen LogP contribution is 2.13. The second-order valence-corrected chi connectivity index (χ2v) is 4.97. The summed E-state index contributed by atoms with van der Waals surface area (Å²) in [5.41, 5.74) is 6.20. The smallest absolute Gasteiger partial charge is 0.119 e. The quantitative estimate of drug-likeness (QED) is 0.786. The van der Waals surface area contributed by atoms with Gasteiger partial charge in [-0.2, -0.15) is 0 Å².